The third-order valence-corrected chi connectivity index (χ3v) is 3.43. The molecule has 2 rings (SSSR count). The summed E-state index contributed by atoms with van der Waals surface area (Å²) >= 11 is 0. The summed E-state index contributed by atoms with van der Waals surface area (Å²) in [5, 5.41) is 0. The Morgan fingerprint density at radius 3 is 2.48 bits per heavy atom. The molecule has 1 aliphatic rings. The fourth-order valence-corrected chi connectivity index (χ4v) is 2.43. The van der Waals surface area contributed by atoms with E-state index in [1.165, 1.54) is 5.57 Å². The summed E-state index contributed by atoms with van der Waals surface area (Å²) in [6, 6.07) is 7.27. The van der Waals surface area contributed by atoms with Gasteiger partial charge < -0.3 is 11.5 Å². The van der Waals surface area contributed by atoms with E-state index in [0.29, 0.717) is 11.0 Å². The second-order valence-corrected chi connectivity index (χ2v) is 6.13. The molecular formula is C17H21N3O. The molecule has 110 valence electrons. The topological polar surface area (TPSA) is 81.5 Å². The van der Waals surface area contributed by atoms with Crippen molar-refractivity contribution in [2.45, 2.75) is 26.7 Å². The molecule has 0 spiro atoms. The number of aliphatic imine (C=N–C) groups is 1. The number of hydrogen-bond acceptors (Lipinski definition) is 1. The third kappa shape index (κ3) is 4.31. The first-order valence-electron chi connectivity index (χ1n) is 6.97. The van der Waals surface area contributed by atoms with Crippen LogP contribution in [0.4, 0.5) is 0 Å². The molecule has 4 nitrogen and oxygen atoms in total. The molecule has 0 heterocycles. The smallest absolute Gasteiger partial charge is 0.280 e. The lowest BCUT2D eigenvalue weighted by Crippen LogP contribution is -2.24. The minimum atomic E-state index is -0.423. The van der Waals surface area contributed by atoms with Crippen molar-refractivity contribution in [2.24, 2.45) is 21.9 Å². The molecule has 0 aromatic heterocycles. The van der Waals surface area contributed by atoms with Crippen LogP contribution in [0.1, 0.15) is 42.6 Å². The highest BCUT2D eigenvalue weighted by molar-refractivity contribution is 6.01. The van der Waals surface area contributed by atoms with Crippen molar-refractivity contribution in [3.8, 4) is 0 Å². The van der Waals surface area contributed by atoms with Crippen molar-refractivity contribution in [3.05, 3.63) is 53.1 Å². The van der Waals surface area contributed by atoms with Gasteiger partial charge in [0, 0.05) is 5.56 Å². The molecule has 1 aliphatic carbocycles. The average molecular weight is 283 g/mol. The molecule has 0 unspecified atom stereocenters. The van der Waals surface area contributed by atoms with Gasteiger partial charge in [0.05, 0.1) is 0 Å². The van der Waals surface area contributed by atoms with Crippen molar-refractivity contribution in [3.63, 3.8) is 0 Å². The molecule has 0 fully saturated rings. The van der Waals surface area contributed by atoms with E-state index in [9.17, 15) is 4.79 Å². The lowest BCUT2D eigenvalue weighted by molar-refractivity contribution is 0.100. The molecule has 0 radical (unpaired) electrons. The Labute approximate surface area is 125 Å². The Hall–Kier alpha value is -2.36. The van der Waals surface area contributed by atoms with Gasteiger partial charge >= 0.3 is 0 Å². The fourth-order valence-electron chi connectivity index (χ4n) is 2.43. The maximum Gasteiger partial charge on any atom is 0.280 e. The second-order valence-electron chi connectivity index (χ2n) is 6.13. The van der Waals surface area contributed by atoms with Crippen molar-refractivity contribution in [1.82, 2.24) is 0 Å². The van der Waals surface area contributed by atoms with E-state index in [2.05, 4.69) is 37.1 Å². The van der Waals surface area contributed by atoms with Crippen molar-refractivity contribution < 1.29 is 4.79 Å². The van der Waals surface area contributed by atoms with E-state index >= 15 is 0 Å². The summed E-state index contributed by atoms with van der Waals surface area (Å²) in [6.07, 6.45) is 8.69. The monoisotopic (exact) mass is 283 g/mol. The number of guanidine groups is 1. The largest absolute Gasteiger partial charge is 0.370 e. The zero-order chi connectivity index (χ0) is 15.5. The summed E-state index contributed by atoms with van der Waals surface area (Å²) in [7, 11) is 0. The highest BCUT2D eigenvalue weighted by Gasteiger charge is 2.20. The number of carbonyl (C=O) groups excluding carboxylic acids is 1. The van der Waals surface area contributed by atoms with Crippen molar-refractivity contribution in [2.75, 3.05) is 0 Å². The number of amides is 1. The Balaban J connectivity index is 2.17. The zero-order valence-corrected chi connectivity index (χ0v) is 12.5. The second kappa shape index (κ2) is 5.95. The lowest BCUT2D eigenvalue weighted by atomic mass is 9.78. The fraction of sp³-hybridized carbons (Fsp3) is 0.294. The number of hydrogen-bond donors (Lipinski definition) is 2. The van der Waals surface area contributed by atoms with Crippen LogP contribution in [0.5, 0.6) is 0 Å². The van der Waals surface area contributed by atoms with Crippen LogP contribution in [0.3, 0.4) is 0 Å². The van der Waals surface area contributed by atoms with Crippen LogP contribution in [0, 0.1) is 5.41 Å². The summed E-state index contributed by atoms with van der Waals surface area (Å²) < 4.78 is 0. The normalized spacial score (nSPS) is 18.5. The van der Waals surface area contributed by atoms with Gasteiger partial charge in [0.1, 0.15) is 0 Å². The highest BCUT2D eigenvalue weighted by atomic mass is 16.1. The molecule has 1 aromatic rings. The molecule has 0 aliphatic heterocycles. The standard InChI is InChI=1S/C17H21N3O/c1-17(2)9-3-4-13(11-17)10-12-5-7-14(8-6-12)15(21)20-16(18)19/h3-8,10H,9,11H2,1-2H3,(H4,18,19,20,21)/b13-10+. The van der Waals surface area contributed by atoms with Crippen LogP contribution in [-0.2, 0) is 0 Å². The first-order valence-corrected chi connectivity index (χ1v) is 6.97. The minimum Gasteiger partial charge on any atom is -0.370 e. The van der Waals surface area contributed by atoms with Crippen LogP contribution in [0.25, 0.3) is 6.08 Å². The average Bonchev–Trinajstić information content (AvgIpc) is 2.37. The van der Waals surface area contributed by atoms with Crippen LogP contribution in [-0.4, -0.2) is 11.9 Å². The molecular weight excluding hydrogens is 262 g/mol. The first-order chi connectivity index (χ1) is 9.85. The number of benzene rings is 1. The van der Waals surface area contributed by atoms with E-state index in [0.717, 1.165) is 18.4 Å². The number of nitrogens with two attached hydrogens (primary N) is 2. The highest BCUT2D eigenvalue weighted by Crippen LogP contribution is 2.34. The van der Waals surface area contributed by atoms with Gasteiger partial charge in [-0.3, -0.25) is 4.79 Å². The number of nitrogens with zero attached hydrogens (tertiary/aromatic N) is 1. The molecule has 4 N–H and O–H groups in total. The molecule has 0 atom stereocenters. The molecule has 1 amide bonds. The van der Waals surface area contributed by atoms with Gasteiger partial charge in [0.2, 0.25) is 0 Å². The van der Waals surface area contributed by atoms with Crippen LogP contribution in [0.15, 0.2) is 47.0 Å². The van der Waals surface area contributed by atoms with Gasteiger partial charge in [-0.25, -0.2) is 0 Å². The van der Waals surface area contributed by atoms with E-state index in [-0.39, 0.29) is 5.96 Å². The first kappa shape index (κ1) is 15.0. The Kier molecular flexibility index (Phi) is 4.26. The van der Waals surface area contributed by atoms with Gasteiger partial charge in [-0.2, -0.15) is 4.99 Å². The lowest BCUT2D eigenvalue weighted by Gasteiger charge is -2.27. The van der Waals surface area contributed by atoms with E-state index < -0.39 is 5.91 Å². The van der Waals surface area contributed by atoms with Crippen LogP contribution >= 0.6 is 0 Å². The van der Waals surface area contributed by atoms with Gasteiger partial charge in [-0.15, -0.1) is 0 Å². The van der Waals surface area contributed by atoms with E-state index in [4.69, 9.17) is 11.5 Å². The summed E-state index contributed by atoms with van der Waals surface area (Å²) in [5.41, 5.74) is 13.5. The molecule has 21 heavy (non-hydrogen) atoms. The Bertz CT molecular complexity index is 618. The molecule has 1 aromatic carbocycles. The zero-order valence-electron chi connectivity index (χ0n) is 12.5. The van der Waals surface area contributed by atoms with Gasteiger partial charge in [-0.05, 0) is 41.5 Å². The van der Waals surface area contributed by atoms with E-state index in [1.54, 1.807) is 12.1 Å². The van der Waals surface area contributed by atoms with Gasteiger partial charge in [-0.1, -0.05) is 44.2 Å². The quantitative estimate of drug-likeness (QED) is 0.647. The number of rotatable bonds is 2. The van der Waals surface area contributed by atoms with Crippen LogP contribution < -0.4 is 11.5 Å². The number of allylic oxidation sites excluding steroid dienone is 3. The van der Waals surface area contributed by atoms with E-state index in [1.807, 2.05) is 12.1 Å². The maximum absolute atomic E-state index is 11.7. The SMILES string of the molecule is CC1(C)CC=C/C(=C\c2ccc(C(=O)N=C(N)N)cc2)C1. The van der Waals surface area contributed by atoms with Crippen LogP contribution in [0.2, 0.25) is 0 Å². The summed E-state index contributed by atoms with van der Waals surface area (Å²) in [5.74, 6) is -0.645. The Morgan fingerprint density at radius 1 is 1.24 bits per heavy atom. The molecule has 0 saturated heterocycles. The summed E-state index contributed by atoms with van der Waals surface area (Å²) in [4.78, 5) is 15.2. The third-order valence-electron chi connectivity index (χ3n) is 3.43. The predicted octanol–water partition coefficient (Wildman–Crippen LogP) is 2.86. The molecule has 4 heteroatoms. The molecule has 0 bridgehead atoms. The van der Waals surface area contributed by atoms with Gasteiger partial charge in [0.25, 0.3) is 5.91 Å². The van der Waals surface area contributed by atoms with Crippen molar-refractivity contribution >= 4 is 17.9 Å². The summed E-state index contributed by atoms with van der Waals surface area (Å²) in [6.45, 7) is 4.53. The Morgan fingerprint density at radius 2 is 1.90 bits per heavy atom. The maximum atomic E-state index is 11.7. The van der Waals surface area contributed by atoms with Gasteiger partial charge in [0.15, 0.2) is 5.96 Å². The number of carbonyl (C=O) groups is 1. The molecule has 0 saturated carbocycles. The predicted molar refractivity (Wildman–Crippen MR) is 86.7 cm³/mol. The minimum absolute atomic E-state index is 0.222. The van der Waals surface area contributed by atoms with Crippen molar-refractivity contribution in [1.29, 1.82) is 0 Å².